The summed E-state index contributed by atoms with van der Waals surface area (Å²) in [7, 11) is 0. The highest BCUT2D eigenvalue weighted by molar-refractivity contribution is 6.00. The lowest BCUT2D eigenvalue weighted by Gasteiger charge is -1.91. The molecule has 0 aliphatic heterocycles. The average Bonchev–Trinajstić information content (AvgIpc) is 2.46. The third-order valence-corrected chi connectivity index (χ3v) is 1.64. The van der Waals surface area contributed by atoms with Crippen molar-refractivity contribution in [3.63, 3.8) is 0 Å². The minimum Gasteiger partial charge on any atom is -0.476 e. The molecule has 6 nitrogen and oxygen atoms in total. The molecule has 0 aliphatic rings. The number of hydrogen-bond donors (Lipinski definition) is 3. The zero-order valence-corrected chi connectivity index (χ0v) is 6.48. The third-order valence-electron chi connectivity index (χ3n) is 1.64. The standard InChI is InChI=1S/C7H6N4O2/c8-3-1-4-5(7(12)13)10-11-6(4)9-2-3/h1-2H,8H2,(H,12,13)(H,9,10,11). The fourth-order valence-electron chi connectivity index (χ4n) is 1.08. The smallest absolute Gasteiger partial charge is 0.357 e. The molecule has 2 rings (SSSR count). The number of pyridine rings is 1. The largest absolute Gasteiger partial charge is 0.476 e. The lowest BCUT2D eigenvalue weighted by molar-refractivity contribution is 0.0692. The van der Waals surface area contributed by atoms with Crippen molar-refractivity contribution in [3.8, 4) is 0 Å². The second-order valence-corrected chi connectivity index (χ2v) is 2.54. The fraction of sp³-hybridized carbons (Fsp3) is 0. The number of anilines is 1. The molecule has 0 saturated heterocycles. The maximum absolute atomic E-state index is 10.6. The highest BCUT2D eigenvalue weighted by Gasteiger charge is 2.12. The van der Waals surface area contributed by atoms with Crippen molar-refractivity contribution in [1.82, 2.24) is 15.2 Å². The van der Waals surface area contributed by atoms with Crippen molar-refractivity contribution < 1.29 is 9.90 Å². The van der Waals surface area contributed by atoms with Gasteiger partial charge in [-0.3, -0.25) is 5.10 Å². The van der Waals surface area contributed by atoms with Gasteiger partial charge in [-0.25, -0.2) is 9.78 Å². The number of fused-ring (bicyclic) bond motifs is 1. The first-order valence-corrected chi connectivity index (χ1v) is 3.51. The van der Waals surface area contributed by atoms with E-state index in [1.165, 1.54) is 12.3 Å². The number of carbonyl (C=O) groups is 1. The van der Waals surface area contributed by atoms with Crippen molar-refractivity contribution >= 4 is 22.7 Å². The molecule has 0 spiro atoms. The van der Waals surface area contributed by atoms with Crippen molar-refractivity contribution in [2.45, 2.75) is 0 Å². The molecule has 2 aromatic heterocycles. The predicted molar refractivity (Wildman–Crippen MR) is 45.3 cm³/mol. The van der Waals surface area contributed by atoms with Gasteiger partial charge in [-0.05, 0) is 6.07 Å². The van der Waals surface area contributed by atoms with Crippen LogP contribution in [0.15, 0.2) is 12.3 Å². The van der Waals surface area contributed by atoms with E-state index < -0.39 is 5.97 Å². The van der Waals surface area contributed by atoms with Gasteiger partial charge in [-0.1, -0.05) is 0 Å². The van der Waals surface area contributed by atoms with E-state index in [-0.39, 0.29) is 5.69 Å². The van der Waals surface area contributed by atoms with E-state index in [9.17, 15) is 4.79 Å². The van der Waals surface area contributed by atoms with E-state index in [0.29, 0.717) is 16.7 Å². The maximum atomic E-state index is 10.6. The second kappa shape index (κ2) is 2.44. The Morgan fingerprint density at radius 1 is 1.62 bits per heavy atom. The van der Waals surface area contributed by atoms with E-state index in [1.807, 2.05) is 0 Å². The van der Waals surface area contributed by atoms with Gasteiger partial charge in [0.25, 0.3) is 0 Å². The summed E-state index contributed by atoms with van der Waals surface area (Å²) >= 11 is 0. The number of nitrogen functional groups attached to an aromatic ring is 1. The van der Waals surface area contributed by atoms with E-state index in [4.69, 9.17) is 10.8 Å². The van der Waals surface area contributed by atoms with Gasteiger partial charge in [-0.15, -0.1) is 0 Å². The number of aromatic nitrogens is 3. The summed E-state index contributed by atoms with van der Waals surface area (Å²) in [6.07, 6.45) is 1.44. The normalized spacial score (nSPS) is 10.5. The van der Waals surface area contributed by atoms with Gasteiger partial charge in [-0.2, -0.15) is 5.10 Å². The Hall–Kier alpha value is -2.11. The molecule has 0 atom stereocenters. The number of aromatic carboxylic acids is 1. The number of hydrogen-bond acceptors (Lipinski definition) is 4. The Morgan fingerprint density at radius 2 is 2.38 bits per heavy atom. The zero-order chi connectivity index (χ0) is 9.42. The molecule has 2 aromatic rings. The fourth-order valence-corrected chi connectivity index (χ4v) is 1.08. The number of H-pyrrole nitrogens is 1. The van der Waals surface area contributed by atoms with Crippen LogP contribution in [0.25, 0.3) is 11.0 Å². The van der Waals surface area contributed by atoms with Crippen LogP contribution in [0.2, 0.25) is 0 Å². The number of nitrogens with one attached hydrogen (secondary N) is 1. The molecule has 66 valence electrons. The Labute approximate surface area is 72.4 Å². The second-order valence-electron chi connectivity index (χ2n) is 2.54. The van der Waals surface area contributed by atoms with Crippen LogP contribution in [-0.2, 0) is 0 Å². The summed E-state index contributed by atoms with van der Waals surface area (Å²) in [5.41, 5.74) is 6.23. The van der Waals surface area contributed by atoms with Gasteiger partial charge in [0.15, 0.2) is 11.3 Å². The molecule has 0 saturated carbocycles. The Morgan fingerprint density at radius 3 is 3.08 bits per heavy atom. The SMILES string of the molecule is Nc1cnc2[nH]nc(C(=O)O)c2c1. The number of carboxylic acid groups (broad SMARTS) is 1. The van der Waals surface area contributed by atoms with Crippen LogP contribution in [0.4, 0.5) is 5.69 Å². The van der Waals surface area contributed by atoms with Crippen molar-refractivity contribution in [3.05, 3.63) is 18.0 Å². The van der Waals surface area contributed by atoms with Crippen LogP contribution >= 0.6 is 0 Å². The van der Waals surface area contributed by atoms with Gasteiger partial charge in [0, 0.05) is 0 Å². The van der Waals surface area contributed by atoms with Crippen molar-refractivity contribution in [2.24, 2.45) is 0 Å². The summed E-state index contributed by atoms with van der Waals surface area (Å²) in [5, 5.41) is 15.2. The topological polar surface area (TPSA) is 105 Å². The summed E-state index contributed by atoms with van der Waals surface area (Å²) in [4.78, 5) is 14.5. The van der Waals surface area contributed by atoms with Gasteiger partial charge in [0.05, 0.1) is 17.3 Å². The van der Waals surface area contributed by atoms with E-state index >= 15 is 0 Å². The highest BCUT2D eigenvalue weighted by Crippen LogP contribution is 2.15. The Balaban J connectivity index is 2.79. The first-order valence-electron chi connectivity index (χ1n) is 3.51. The van der Waals surface area contributed by atoms with Crippen LogP contribution in [0, 0.1) is 0 Å². The molecule has 0 amide bonds. The molecule has 0 fully saturated rings. The van der Waals surface area contributed by atoms with Gasteiger partial charge in [0.2, 0.25) is 0 Å². The zero-order valence-electron chi connectivity index (χ0n) is 6.48. The highest BCUT2D eigenvalue weighted by atomic mass is 16.4. The minimum atomic E-state index is -1.10. The van der Waals surface area contributed by atoms with E-state index in [0.717, 1.165) is 0 Å². The van der Waals surface area contributed by atoms with E-state index in [1.54, 1.807) is 0 Å². The number of aromatic amines is 1. The van der Waals surface area contributed by atoms with Crippen LogP contribution in [0.3, 0.4) is 0 Å². The maximum Gasteiger partial charge on any atom is 0.357 e. The molecular formula is C7H6N4O2. The van der Waals surface area contributed by atoms with Crippen LogP contribution in [0.5, 0.6) is 0 Å². The summed E-state index contributed by atoms with van der Waals surface area (Å²) in [6.45, 7) is 0. The number of rotatable bonds is 1. The molecule has 0 unspecified atom stereocenters. The number of nitrogens with zero attached hydrogens (tertiary/aromatic N) is 2. The first kappa shape index (κ1) is 7.53. The Kier molecular flexibility index (Phi) is 1.42. The van der Waals surface area contributed by atoms with Gasteiger partial charge < -0.3 is 10.8 Å². The molecule has 0 aromatic carbocycles. The molecule has 0 aliphatic carbocycles. The molecule has 2 heterocycles. The van der Waals surface area contributed by atoms with Gasteiger partial charge >= 0.3 is 5.97 Å². The number of carboxylic acids is 1. The predicted octanol–water partition coefficient (Wildman–Crippen LogP) is 0.238. The summed E-state index contributed by atoms with van der Waals surface area (Å²) in [6, 6.07) is 1.52. The van der Waals surface area contributed by atoms with Crippen LogP contribution in [-0.4, -0.2) is 26.3 Å². The number of nitrogens with two attached hydrogens (primary N) is 1. The molecular weight excluding hydrogens is 172 g/mol. The van der Waals surface area contributed by atoms with Crippen LogP contribution < -0.4 is 5.73 Å². The molecule has 4 N–H and O–H groups in total. The lowest BCUT2D eigenvalue weighted by Crippen LogP contribution is -1.97. The molecule has 6 heteroatoms. The monoisotopic (exact) mass is 178 g/mol. The van der Waals surface area contributed by atoms with E-state index in [2.05, 4.69) is 15.2 Å². The molecule has 0 radical (unpaired) electrons. The van der Waals surface area contributed by atoms with Gasteiger partial charge in [0.1, 0.15) is 0 Å². The summed E-state index contributed by atoms with van der Waals surface area (Å²) < 4.78 is 0. The van der Waals surface area contributed by atoms with Crippen molar-refractivity contribution in [2.75, 3.05) is 5.73 Å². The quantitative estimate of drug-likeness (QED) is 0.580. The molecule has 13 heavy (non-hydrogen) atoms. The van der Waals surface area contributed by atoms with Crippen LogP contribution in [0.1, 0.15) is 10.5 Å². The Bertz CT molecular complexity index is 476. The average molecular weight is 178 g/mol. The minimum absolute atomic E-state index is 0.0604. The first-order chi connectivity index (χ1) is 6.18. The molecule has 0 bridgehead atoms. The van der Waals surface area contributed by atoms with Crippen molar-refractivity contribution in [1.29, 1.82) is 0 Å². The third kappa shape index (κ3) is 1.08. The lowest BCUT2D eigenvalue weighted by atomic mass is 10.2. The summed E-state index contributed by atoms with van der Waals surface area (Å²) in [5.74, 6) is -1.10.